The average molecular weight is 326 g/mol. The van der Waals surface area contributed by atoms with Crippen molar-refractivity contribution in [3.63, 3.8) is 0 Å². The number of hydrogen-bond acceptors (Lipinski definition) is 3. The molecule has 0 spiro atoms. The molecule has 3 nitrogen and oxygen atoms in total. The van der Waals surface area contributed by atoms with Gasteiger partial charge in [-0.05, 0) is 72.5 Å². The van der Waals surface area contributed by atoms with Gasteiger partial charge in [0.05, 0.1) is 5.69 Å². The highest BCUT2D eigenvalue weighted by molar-refractivity contribution is 9.10. The number of rotatable bonds is 4. The zero-order valence-corrected chi connectivity index (χ0v) is 13.5. The topological polar surface area (TPSA) is 32.5 Å². The molecule has 2 rings (SSSR count). The van der Waals surface area contributed by atoms with E-state index in [1.165, 1.54) is 37.2 Å². The number of hydrogen-bond donors (Lipinski definition) is 1. The van der Waals surface area contributed by atoms with Crippen LogP contribution in [-0.4, -0.2) is 38.6 Å². The fourth-order valence-corrected chi connectivity index (χ4v) is 3.45. The summed E-state index contributed by atoms with van der Waals surface area (Å²) >= 11 is 3.66. The Bertz CT molecular complexity index is 414. The molecule has 1 heterocycles. The normalized spacial score (nSPS) is 17.7. The lowest BCUT2D eigenvalue weighted by molar-refractivity contribution is 0.222. The SMILES string of the molecule is CN1CCC(CN(C)c2ccc(CN)cc2Br)CC1. The van der Waals surface area contributed by atoms with Gasteiger partial charge in [0.25, 0.3) is 0 Å². The molecule has 0 saturated carbocycles. The Labute approximate surface area is 124 Å². The van der Waals surface area contributed by atoms with Gasteiger partial charge >= 0.3 is 0 Å². The quantitative estimate of drug-likeness (QED) is 0.923. The van der Waals surface area contributed by atoms with E-state index < -0.39 is 0 Å². The average Bonchev–Trinajstić information content (AvgIpc) is 2.41. The molecular formula is C15H24BrN3. The van der Waals surface area contributed by atoms with Crippen LogP contribution >= 0.6 is 15.9 Å². The first kappa shape index (κ1) is 14.8. The van der Waals surface area contributed by atoms with Gasteiger partial charge in [-0.3, -0.25) is 0 Å². The van der Waals surface area contributed by atoms with E-state index in [0.29, 0.717) is 6.54 Å². The van der Waals surface area contributed by atoms with Crippen LogP contribution in [0.25, 0.3) is 0 Å². The van der Waals surface area contributed by atoms with Crippen LogP contribution in [-0.2, 0) is 6.54 Å². The van der Waals surface area contributed by atoms with Gasteiger partial charge in [0.1, 0.15) is 0 Å². The standard InChI is InChI=1S/C15H24BrN3/c1-18-7-5-12(6-8-18)11-19(2)15-4-3-13(10-17)9-14(15)16/h3-4,9,12H,5-8,10-11,17H2,1-2H3. The van der Waals surface area contributed by atoms with Crippen molar-refractivity contribution in [2.24, 2.45) is 11.7 Å². The van der Waals surface area contributed by atoms with Crippen LogP contribution in [0, 0.1) is 5.92 Å². The predicted molar refractivity (Wildman–Crippen MR) is 85.5 cm³/mol. The van der Waals surface area contributed by atoms with Crippen LogP contribution in [0.4, 0.5) is 5.69 Å². The third-order valence-electron chi connectivity index (χ3n) is 4.03. The Kier molecular flexibility index (Phi) is 5.25. The summed E-state index contributed by atoms with van der Waals surface area (Å²) < 4.78 is 1.14. The Balaban J connectivity index is 1.97. The van der Waals surface area contributed by atoms with Crippen molar-refractivity contribution in [3.8, 4) is 0 Å². The van der Waals surface area contributed by atoms with Gasteiger partial charge in [0, 0.05) is 24.6 Å². The van der Waals surface area contributed by atoms with Crippen molar-refractivity contribution < 1.29 is 0 Å². The zero-order chi connectivity index (χ0) is 13.8. The molecule has 0 unspecified atom stereocenters. The van der Waals surface area contributed by atoms with Crippen molar-refractivity contribution in [2.45, 2.75) is 19.4 Å². The van der Waals surface area contributed by atoms with E-state index in [-0.39, 0.29) is 0 Å². The number of nitrogens with zero attached hydrogens (tertiary/aromatic N) is 2. The lowest BCUT2D eigenvalue weighted by atomic mass is 9.96. The van der Waals surface area contributed by atoms with Crippen molar-refractivity contribution in [2.75, 3.05) is 38.6 Å². The van der Waals surface area contributed by atoms with Crippen LogP contribution in [0.5, 0.6) is 0 Å². The van der Waals surface area contributed by atoms with Gasteiger partial charge in [-0.2, -0.15) is 0 Å². The first-order valence-electron chi connectivity index (χ1n) is 6.98. The monoisotopic (exact) mass is 325 g/mol. The van der Waals surface area contributed by atoms with Crippen molar-refractivity contribution in [1.82, 2.24) is 4.90 Å². The second-order valence-electron chi connectivity index (χ2n) is 5.62. The van der Waals surface area contributed by atoms with E-state index in [1.54, 1.807) is 0 Å². The highest BCUT2D eigenvalue weighted by Crippen LogP contribution is 2.28. The van der Waals surface area contributed by atoms with Gasteiger partial charge < -0.3 is 15.5 Å². The maximum atomic E-state index is 5.67. The summed E-state index contributed by atoms with van der Waals surface area (Å²) in [6.07, 6.45) is 2.61. The smallest absolute Gasteiger partial charge is 0.0508 e. The number of piperidine rings is 1. The second-order valence-corrected chi connectivity index (χ2v) is 6.47. The van der Waals surface area contributed by atoms with Crippen LogP contribution in [0.3, 0.4) is 0 Å². The van der Waals surface area contributed by atoms with Crippen LogP contribution in [0.1, 0.15) is 18.4 Å². The van der Waals surface area contributed by atoms with Crippen molar-refractivity contribution >= 4 is 21.6 Å². The van der Waals surface area contributed by atoms with Crippen molar-refractivity contribution in [3.05, 3.63) is 28.2 Å². The molecule has 1 fully saturated rings. The minimum absolute atomic E-state index is 0.595. The first-order chi connectivity index (χ1) is 9.10. The van der Waals surface area contributed by atoms with Gasteiger partial charge in [-0.25, -0.2) is 0 Å². The second kappa shape index (κ2) is 6.73. The van der Waals surface area contributed by atoms with Crippen LogP contribution in [0.15, 0.2) is 22.7 Å². The summed E-state index contributed by atoms with van der Waals surface area (Å²) in [4.78, 5) is 4.78. The molecule has 1 aliphatic rings. The third-order valence-corrected chi connectivity index (χ3v) is 4.66. The van der Waals surface area contributed by atoms with E-state index in [2.05, 4.69) is 58.0 Å². The summed E-state index contributed by atoms with van der Waals surface area (Å²) in [5.74, 6) is 0.808. The van der Waals surface area contributed by atoms with Crippen molar-refractivity contribution in [1.29, 1.82) is 0 Å². The Morgan fingerprint density at radius 3 is 2.63 bits per heavy atom. The molecule has 0 amide bonds. The molecule has 0 aliphatic carbocycles. The lowest BCUT2D eigenvalue weighted by Crippen LogP contribution is -2.35. The Hall–Kier alpha value is -0.580. The van der Waals surface area contributed by atoms with Gasteiger partial charge in [-0.15, -0.1) is 0 Å². The predicted octanol–water partition coefficient (Wildman–Crippen LogP) is 2.69. The largest absolute Gasteiger partial charge is 0.373 e. The Morgan fingerprint density at radius 1 is 1.37 bits per heavy atom. The first-order valence-corrected chi connectivity index (χ1v) is 7.77. The molecule has 0 bridgehead atoms. The van der Waals surface area contributed by atoms with E-state index in [9.17, 15) is 0 Å². The summed E-state index contributed by atoms with van der Waals surface area (Å²) in [7, 11) is 4.39. The minimum Gasteiger partial charge on any atom is -0.373 e. The van der Waals surface area contributed by atoms with E-state index in [0.717, 1.165) is 16.9 Å². The fourth-order valence-electron chi connectivity index (χ4n) is 2.72. The highest BCUT2D eigenvalue weighted by Gasteiger charge is 2.19. The number of nitrogens with two attached hydrogens (primary N) is 1. The van der Waals surface area contributed by atoms with Crippen LogP contribution in [0.2, 0.25) is 0 Å². The van der Waals surface area contributed by atoms with Gasteiger partial charge in [0.15, 0.2) is 0 Å². The van der Waals surface area contributed by atoms with Gasteiger partial charge in [-0.1, -0.05) is 6.07 Å². The maximum Gasteiger partial charge on any atom is 0.0508 e. The molecule has 0 aromatic heterocycles. The Morgan fingerprint density at radius 2 is 2.05 bits per heavy atom. The molecule has 0 atom stereocenters. The number of likely N-dealkylation sites (tertiary alicyclic amines) is 1. The van der Waals surface area contributed by atoms with Gasteiger partial charge in [0.2, 0.25) is 0 Å². The minimum atomic E-state index is 0.595. The third kappa shape index (κ3) is 3.94. The number of benzene rings is 1. The van der Waals surface area contributed by atoms with E-state index >= 15 is 0 Å². The lowest BCUT2D eigenvalue weighted by Gasteiger charge is -2.32. The fraction of sp³-hybridized carbons (Fsp3) is 0.600. The molecule has 19 heavy (non-hydrogen) atoms. The molecule has 2 N–H and O–H groups in total. The molecular weight excluding hydrogens is 302 g/mol. The molecule has 1 aromatic carbocycles. The maximum absolute atomic E-state index is 5.67. The summed E-state index contributed by atoms with van der Waals surface area (Å²) in [6, 6.07) is 6.41. The number of anilines is 1. The summed E-state index contributed by atoms with van der Waals surface area (Å²) in [5.41, 5.74) is 8.10. The van der Waals surface area contributed by atoms with E-state index in [1.807, 2.05) is 0 Å². The van der Waals surface area contributed by atoms with Crippen LogP contribution < -0.4 is 10.6 Å². The number of halogens is 1. The molecule has 106 valence electrons. The molecule has 1 aliphatic heterocycles. The molecule has 0 radical (unpaired) electrons. The molecule has 1 aromatic rings. The molecule has 4 heteroatoms. The highest BCUT2D eigenvalue weighted by atomic mass is 79.9. The molecule has 1 saturated heterocycles. The zero-order valence-electron chi connectivity index (χ0n) is 11.9. The van der Waals surface area contributed by atoms with E-state index in [4.69, 9.17) is 5.73 Å². The summed E-state index contributed by atoms with van der Waals surface area (Å²) in [5, 5.41) is 0. The summed E-state index contributed by atoms with van der Waals surface area (Å²) in [6.45, 7) is 4.18.